The molecule has 0 heterocycles. The van der Waals surface area contributed by atoms with E-state index in [1.54, 1.807) is 6.07 Å². The predicted octanol–water partition coefficient (Wildman–Crippen LogP) is 5.97. The third-order valence-corrected chi connectivity index (χ3v) is 4.70. The van der Waals surface area contributed by atoms with Gasteiger partial charge in [-0.05, 0) is 41.5 Å². The third kappa shape index (κ3) is 3.00. The van der Waals surface area contributed by atoms with Gasteiger partial charge in [0.05, 0.1) is 4.83 Å². The summed E-state index contributed by atoms with van der Waals surface area (Å²) in [4.78, 5) is -0.209. The molecule has 94 valence electrons. The van der Waals surface area contributed by atoms with Crippen LogP contribution in [0.1, 0.15) is 16.0 Å². The van der Waals surface area contributed by atoms with Crippen LogP contribution in [0.4, 0.5) is 8.78 Å². The fourth-order valence-electron chi connectivity index (χ4n) is 1.56. The molecular weight excluding hydrogens is 434 g/mol. The van der Waals surface area contributed by atoms with Crippen LogP contribution in [0, 0.1) is 11.6 Å². The molecule has 2 aromatic rings. The van der Waals surface area contributed by atoms with Gasteiger partial charge in [0.25, 0.3) is 0 Å². The second-order valence-electron chi connectivity index (χ2n) is 3.70. The van der Waals surface area contributed by atoms with Crippen LogP contribution >= 0.6 is 47.8 Å². The molecule has 2 aromatic carbocycles. The normalized spacial score (nSPS) is 12.5. The molecule has 5 heteroatoms. The van der Waals surface area contributed by atoms with Crippen molar-refractivity contribution in [2.75, 3.05) is 0 Å². The monoisotopic (exact) mass is 438 g/mol. The van der Waals surface area contributed by atoms with Gasteiger partial charge >= 0.3 is 0 Å². The number of alkyl halides is 1. The SMILES string of the molecule is Fc1ccc(C(Br)c2cc(Br)ccc2Br)cc1F. The summed E-state index contributed by atoms with van der Waals surface area (Å²) in [6.07, 6.45) is 0. The second-order valence-corrected chi connectivity index (χ2v) is 6.39. The molecule has 0 spiro atoms. The number of hydrogen-bond donors (Lipinski definition) is 0. The first-order valence-corrected chi connectivity index (χ1v) is 7.53. The molecular formula is C13H7Br3F2. The summed E-state index contributed by atoms with van der Waals surface area (Å²) >= 11 is 10.3. The zero-order valence-corrected chi connectivity index (χ0v) is 13.7. The molecule has 0 amide bonds. The highest BCUT2D eigenvalue weighted by Crippen LogP contribution is 2.37. The van der Waals surface area contributed by atoms with E-state index >= 15 is 0 Å². The zero-order valence-electron chi connectivity index (χ0n) is 8.93. The number of hydrogen-bond acceptors (Lipinski definition) is 0. The maximum atomic E-state index is 13.2. The summed E-state index contributed by atoms with van der Waals surface area (Å²) in [5.41, 5.74) is 1.60. The smallest absolute Gasteiger partial charge is 0.159 e. The van der Waals surface area contributed by atoms with E-state index in [9.17, 15) is 8.78 Å². The lowest BCUT2D eigenvalue weighted by molar-refractivity contribution is 0.507. The lowest BCUT2D eigenvalue weighted by Crippen LogP contribution is -1.96. The van der Waals surface area contributed by atoms with Crippen LogP contribution in [0.25, 0.3) is 0 Å². The average Bonchev–Trinajstić information content (AvgIpc) is 2.35. The van der Waals surface area contributed by atoms with Gasteiger partial charge in [0.15, 0.2) is 11.6 Å². The Bertz CT molecular complexity index is 584. The second kappa shape index (κ2) is 5.80. The maximum Gasteiger partial charge on any atom is 0.159 e. The summed E-state index contributed by atoms with van der Waals surface area (Å²) in [6, 6.07) is 9.61. The Kier molecular flexibility index (Phi) is 4.56. The molecule has 0 bridgehead atoms. The first-order chi connectivity index (χ1) is 8.49. The van der Waals surface area contributed by atoms with Gasteiger partial charge in [-0.1, -0.05) is 53.9 Å². The topological polar surface area (TPSA) is 0 Å². The van der Waals surface area contributed by atoms with E-state index in [4.69, 9.17) is 0 Å². The Labute approximate surface area is 129 Å². The van der Waals surface area contributed by atoms with E-state index in [0.29, 0.717) is 5.56 Å². The van der Waals surface area contributed by atoms with Crippen molar-refractivity contribution in [1.82, 2.24) is 0 Å². The first-order valence-electron chi connectivity index (χ1n) is 5.03. The van der Waals surface area contributed by atoms with Crippen LogP contribution in [0.3, 0.4) is 0 Å². The molecule has 0 nitrogen and oxygen atoms in total. The van der Waals surface area contributed by atoms with Crippen molar-refractivity contribution in [3.05, 3.63) is 68.1 Å². The van der Waals surface area contributed by atoms with E-state index in [1.165, 1.54) is 6.07 Å². The van der Waals surface area contributed by atoms with Gasteiger partial charge in [-0.25, -0.2) is 8.78 Å². The largest absolute Gasteiger partial charge is 0.204 e. The first kappa shape index (κ1) is 14.2. The molecule has 0 aromatic heterocycles. The number of benzene rings is 2. The molecule has 18 heavy (non-hydrogen) atoms. The highest BCUT2D eigenvalue weighted by atomic mass is 79.9. The fourth-order valence-corrected chi connectivity index (χ4v) is 3.38. The Hall–Kier alpha value is -0.260. The standard InChI is InChI=1S/C13H7Br3F2/c14-8-2-3-10(15)9(6-8)13(16)7-1-4-11(17)12(18)5-7/h1-6,13H. The molecule has 2 rings (SSSR count). The van der Waals surface area contributed by atoms with Crippen molar-refractivity contribution in [2.45, 2.75) is 4.83 Å². The average molecular weight is 441 g/mol. The minimum absolute atomic E-state index is 0.209. The van der Waals surface area contributed by atoms with Gasteiger partial charge in [-0.3, -0.25) is 0 Å². The van der Waals surface area contributed by atoms with Gasteiger partial charge in [-0.2, -0.15) is 0 Å². The molecule has 0 saturated heterocycles. The van der Waals surface area contributed by atoms with Gasteiger partial charge in [-0.15, -0.1) is 0 Å². The minimum atomic E-state index is -0.844. The van der Waals surface area contributed by atoms with Crippen LogP contribution in [0.2, 0.25) is 0 Å². The Morgan fingerprint density at radius 1 is 0.889 bits per heavy atom. The van der Waals surface area contributed by atoms with Crippen LogP contribution in [0.15, 0.2) is 45.3 Å². The third-order valence-electron chi connectivity index (χ3n) is 2.47. The molecule has 0 aliphatic heterocycles. The van der Waals surface area contributed by atoms with Crippen molar-refractivity contribution >= 4 is 47.8 Å². The minimum Gasteiger partial charge on any atom is -0.204 e. The maximum absolute atomic E-state index is 13.2. The van der Waals surface area contributed by atoms with E-state index in [1.807, 2.05) is 18.2 Å². The summed E-state index contributed by atoms with van der Waals surface area (Å²) in [5.74, 6) is -1.69. The van der Waals surface area contributed by atoms with E-state index in [2.05, 4.69) is 47.8 Å². The van der Waals surface area contributed by atoms with Crippen molar-refractivity contribution < 1.29 is 8.78 Å². The Morgan fingerprint density at radius 2 is 1.61 bits per heavy atom. The van der Waals surface area contributed by atoms with Crippen LogP contribution in [-0.4, -0.2) is 0 Å². The quantitative estimate of drug-likeness (QED) is 0.504. The Morgan fingerprint density at radius 3 is 2.28 bits per heavy atom. The molecule has 0 saturated carbocycles. The molecule has 0 aliphatic rings. The molecule has 1 unspecified atom stereocenters. The Balaban J connectivity index is 2.44. The van der Waals surface area contributed by atoms with Crippen molar-refractivity contribution in [3.8, 4) is 0 Å². The van der Waals surface area contributed by atoms with E-state index in [-0.39, 0.29) is 4.83 Å². The van der Waals surface area contributed by atoms with Gasteiger partial charge in [0, 0.05) is 8.95 Å². The zero-order chi connectivity index (χ0) is 13.3. The van der Waals surface area contributed by atoms with Crippen LogP contribution in [0.5, 0.6) is 0 Å². The predicted molar refractivity (Wildman–Crippen MR) is 79.0 cm³/mol. The molecule has 0 fully saturated rings. The summed E-state index contributed by atoms with van der Waals surface area (Å²) in [5, 5.41) is 0. The number of halogens is 5. The summed E-state index contributed by atoms with van der Waals surface area (Å²) < 4.78 is 27.9. The van der Waals surface area contributed by atoms with E-state index < -0.39 is 11.6 Å². The van der Waals surface area contributed by atoms with Gasteiger partial charge < -0.3 is 0 Å². The molecule has 1 atom stereocenters. The van der Waals surface area contributed by atoms with Crippen molar-refractivity contribution in [3.63, 3.8) is 0 Å². The summed E-state index contributed by atoms with van der Waals surface area (Å²) in [6.45, 7) is 0. The van der Waals surface area contributed by atoms with Gasteiger partial charge in [0.2, 0.25) is 0 Å². The highest BCUT2D eigenvalue weighted by molar-refractivity contribution is 9.11. The lowest BCUT2D eigenvalue weighted by Gasteiger charge is -2.13. The van der Waals surface area contributed by atoms with Crippen LogP contribution < -0.4 is 0 Å². The van der Waals surface area contributed by atoms with Gasteiger partial charge in [0.1, 0.15) is 0 Å². The van der Waals surface area contributed by atoms with Crippen molar-refractivity contribution in [1.29, 1.82) is 0 Å². The van der Waals surface area contributed by atoms with E-state index in [0.717, 1.165) is 20.6 Å². The fraction of sp³-hybridized carbons (Fsp3) is 0.0769. The molecule has 0 radical (unpaired) electrons. The highest BCUT2D eigenvalue weighted by Gasteiger charge is 2.15. The lowest BCUT2D eigenvalue weighted by atomic mass is 10.0. The van der Waals surface area contributed by atoms with Crippen molar-refractivity contribution in [2.24, 2.45) is 0 Å². The summed E-state index contributed by atoms with van der Waals surface area (Å²) in [7, 11) is 0. The molecule has 0 N–H and O–H groups in total. The van der Waals surface area contributed by atoms with Crippen LogP contribution in [-0.2, 0) is 0 Å². The molecule has 0 aliphatic carbocycles. The number of rotatable bonds is 2.